The van der Waals surface area contributed by atoms with E-state index in [0.717, 1.165) is 52.0 Å². The van der Waals surface area contributed by atoms with Gasteiger partial charge in [0.05, 0.1) is 6.61 Å². The molecular formula is C25H26ClNO3. The van der Waals surface area contributed by atoms with E-state index in [4.69, 9.17) is 20.8 Å². The molecule has 1 aliphatic carbocycles. The van der Waals surface area contributed by atoms with Crippen LogP contribution in [0.5, 0.6) is 5.75 Å². The van der Waals surface area contributed by atoms with Gasteiger partial charge in [0.1, 0.15) is 17.1 Å². The minimum absolute atomic E-state index is 0.191. The number of hydrogen-bond acceptors (Lipinski definition) is 3. The number of furan rings is 1. The zero-order chi connectivity index (χ0) is 21.3. The predicted molar refractivity (Wildman–Crippen MR) is 122 cm³/mol. The van der Waals surface area contributed by atoms with Crippen LogP contribution in [-0.4, -0.2) is 12.5 Å². The zero-order valence-corrected chi connectivity index (χ0v) is 18.4. The van der Waals surface area contributed by atoms with Crippen LogP contribution in [0.25, 0.3) is 16.5 Å². The Balaban J connectivity index is 1.73. The molecule has 2 aromatic carbocycles. The summed E-state index contributed by atoms with van der Waals surface area (Å²) in [6.45, 7) is 6.49. The number of rotatable bonds is 5. The molecule has 5 heteroatoms. The van der Waals surface area contributed by atoms with Crippen LogP contribution in [0, 0.1) is 6.92 Å². The molecule has 0 saturated carbocycles. The van der Waals surface area contributed by atoms with E-state index in [1.165, 1.54) is 18.4 Å². The third-order valence-electron chi connectivity index (χ3n) is 5.60. The number of ether oxygens (including phenoxy) is 1. The summed E-state index contributed by atoms with van der Waals surface area (Å²) in [5.74, 6) is 1.69. The van der Waals surface area contributed by atoms with Gasteiger partial charge < -0.3 is 14.5 Å². The van der Waals surface area contributed by atoms with Crippen LogP contribution in [-0.2, 0) is 17.6 Å². The topological polar surface area (TPSA) is 51.5 Å². The minimum atomic E-state index is -0.191. The first kappa shape index (κ1) is 20.5. The average molecular weight is 424 g/mol. The van der Waals surface area contributed by atoms with Gasteiger partial charge in [-0.05, 0) is 75.9 Å². The van der Waals surface area contributed by atoms with Crippen molar-refractivity contribution < 1.29 is 13.9 Å². The fraction of sp³-hybridized carbons (Fsp3) is 0.320. The van der Waals surface area contributed by atoms with E-state index in [1.807, 2.05) is 20.8 Å². The minimum Gasteiger partial charge on any atom is -0.493 e. The maximum absolute atomic E-state index is 12.6. The van der Waals surface area contributed by atoms with Crippen LogP contribution < -0.4 is 10.1 Å². The lowest BCUT2D eigenvalue weighted by molar-refractivity contribution is -0.111. The molecular weight excluding hydrogens is 398 g/mol. The van der Waals surface area contributed by atoms with Crippen molar-refractivity contribution in [3.8, 4) is 5.75 Å². The van der Waals surface area contributed by atoms with Crippen molar-refractivity contribution in [2.75, 3.05) is 11.9 Å². The van der Waals surface area contributed by atoms with Gasteiger partial charge in [0.25, 0.3) is 0 Å². The quantitative estimate of drug-likeness (QED) is 0.463. The van der Waals surface area contributed by atoms with Gasteiger partial charge in [-0.2, -0.15) is 0 Å². The van der Waals surface area contributed by atoms with Gasteiger partial charge in [0.2, 0.25) is 5.91 Å². The van der Waals surface area contributed by atoms with Crippen LogP contribution in [0.15, 0.2) is 40.8 Å². The molecule has 0 atom stereocenters. The van der Waals surface area contributed by atoms with Crippen LogP contribution >= 0.6 is 11.6 Å². The molecule has 156 valence electrons. The molecule has 1 amide bonds. The molecule has 0 fully saturated rings. The van der Waals surface area contributed by atoms with Gasteiger partial charge in [0, 0.05) is 45.3 Å². The molecule has 4 rings (SSSR count). The lowest BCUT2D eigenvalue weighted by Gasteiger charge is -2.15. The van der Waals surface area contributed by atoms with Gasteiger partial charge in [-0.1, -0.05) is 11.6 Å². The monoisotopic (exact) mass is 423 g/mol. The third kappa shape index (κ3) is 3.97. The molecule has 1 heterocycles. The summed E-state index contributed by atoms with van der Waals surface area (Å²) in [6.07, 6.45) is 5.99. The number of anilines is 1. The highest BCUT2D eigenvalue weighted by Gasteiger charge is 2.23. The number of hydrogen-bond donors (Lipinski definition) is 1. The van der Waals surface area contributed by atoms with Crippen LogP contribution in [0.2, 0.25) is 5.02 Å². The van der Waals surface area contributed by atoms with Crippen molar-refractivity contribution in [3.63, 3.8) is 0 Å². The van der Waals surface area contributed by atoms with E-state index in [9.17, 15) is 4.79 Å². The number of amides is 1. The summed E-state index contributed by atoms with van der Waals surface area (Å²) in [4.78, 5) is 12.6. The summed E-state index contributed by atoms with van der Waals surface area (Å²) < 4.78 is 12.2. The molecule has 4 nitrogen and oxygen atoms in total. The van der Waals surface area contributed by atoms with Crippen LogP contribution in [0.3, 0.4) is 0 Å². The van der Waals surface area contributed by atoms with E-state index in [1.54, 1.807) is 30.3 Å². The second-order valence-electron chi connectivity index (χ2n) is 7.72. The summed E-state index contributed by atoms with van der Waals surface area (Å²) in [7, 11) is 0. The average Bonchev–Trinajstić information content (AvgIpc) is 3.10. The molecule has 30 heavy (non-hydrogen) atoms. The summed E-state index contributed by atoms with van der Waals surface area (Å²) in [5, 5.41) is 4.66. The Hall–Kier alpha value is -2.72. The zero-order valence-electron chi connectivity index (χ0n) is 17.6. The first-order chi connectivity index (χ1) is 14.5. The van der Waals surface area contributed by atoms with Crippen molar-refractivity contribution in [1.29, 1.82) is 0 Å². The smallest absolute Gasteiger partial charge is 0.248 e. The molecule has 0 bridgehead atoms. The standard InChI is InChI=1S/C25H26ClNO3/c1-4-29-24-16(3)25-21(19-7-5-6-8-22(19)30-25)14-20(24)15(2)13-23(28)27-18-11-9-17(26)10-12-18/h9-14H,4-8H2,1-3H3,(H,27,28)/b15-13+. The van der Waals surface area contributed by atoms with Crippen molar-refractivity contribution in [3.05, 3.63) is 63.9 Å². The second kappa shape index (κ2) is 8.57. The van der Waals surface area contributed by atoms with E-state index in [0.29, 0.717) is 17.3 Å². The number of fused-ring (bicyclic) bond motifs is 3. The molecule has 1 aliphatic rings. The van der Waals surface area contributed by atoms with Crippen molar-refractivity contribution in [2.24, 2.45) is 0 Å². The molecule has 0 unspecified atom stereocenters. The Morgan fingerprint density at radius 2 is 1.97 bits per heavy atom. The van der Waals surface area contributed by atoms with Gasteiger partial charge in [-0.3, -0.25) is 4.79 Å². The molecule has 0 saturated heterocycles. The highest BCUT2D eigenvalue weighted by Crippen LogP contribution is 2.41. The second-order valence-corrected chi connectivity index (χ2v) is 8.16. The number of nitrogens with one attached hydrogen (secondary N) is 1. The lowest BCUT2D eigenvalue weighted by Crippen LogP contribution is -2.09. The Morgan fingerprint density at radius 1 is 1.23 bits per heavy atom. The van der Waals surface area contributed by atoms with Gasteiger partial charge in [-0.15, -0.1) is 0 Å². The lowest BCUT2D eigenvalue weighted by atomic mass is 9.93. The third-order valence-corrected chi connectivity index (χ3v) is 5.85. The van der Waals surface area contributed by atoms with Crippen molar-refractivity contribution >= 4 is 39.7 Å². The first-order valence-corrected chi connectivity index (χ1v) is 10.8. The van der Waals surface area contributed by atoms with Gasteiger partial charge in [0.15, 0.2) is 0 Å². The highest BCUT2D eigenvalue weighted by atomic mass is 35.5. The van der Waals surface area contributed by atoms with Crippen LogP contribution in [0.4, 0.5) is 5.69 Å². The number of allylic oxidation sites excluding steroid dienone is 1. The summed E-state index contributed by atoms with van der Waals surface area (Å²) in [6, 6.07) is 9.19. The molecule has 0 aliphatic heterocycles. The molecule has 1 aromatic heterocycles. The maximum atomic E-state index is 12.6. The van der Waals surface area contributed by atoms with E-state index in [2.05, 4.69) is 11.4 Å². The van der Waals surface area contributed by atoms with Gasteiger partial charge >= 0.3 is 0 Å². The number of halogens is 1. The molecule has 3 aromatic rings. The number of carbonyl (C=O) groups excluding carboxylic acids is 1. The first-order valence-electron chi connectivity index (χ1n) is 10.4. The Labute approximate surface area is 181 Å². The summed E-state index contributed by atoms with van der Waals surface area (Å²) >= 11 is 5.92. The molecule has 0 radical (unpaired) electrons. The molecule has 1 N–H and O–H groups in total. The fourth-order valence-electron chi connectivity index (χ4n) is 4.15. The van der Waals surface area contributed by atoms with Crippen LogP contribution in [0.1, 0.15) is 49.1 Å². The highest BCUT2D eigenvalue weighted by molar-refractivity contribution is 6.30. The predicted octanol–water partition coefficient (Wildman–Crippen LogP) is 6.71. The number of aryl methyl sites for hydroxylation is 3. The van der Waals surface area contributed by atoms with E-state index in [-0.39, 0.29) is 5.91 Å². The maximum Gasteiger partial charge on any atom is 0.248 e. The Morgan fingerprint density at radius 3 is 2.70 bits per heavy atom. The van der Waals surface area contributed by atoms with Crippen molar-refractivity contribution in [2.45, 2.75) is 46.5 Å². The van der Waals surface area contributed by atoms with Gasteiger partial charge in [-0.25, -0.2) is 0 Å². The molecule has 0 spiro atoms. The largest absolute Gasteiger partial charge is 0.493 e. The number of benzene rings is 2. The van der Waals surface area contributed by atoms with Crippen molar-refractivity contribution in [1.82, 2.24) is 0 Å². The van der Waals surface area contributed by atoms with E-state index >= 15 is 0 Å². The SMILES string of the molecule is CCOc1c(/C(C)=C/C(=O)Nc2ccc(Cl)cc2)cc2c3c(oc2c1C)CCCC3. The fourth-order valence-corrected chi connectivity index (χ4v) is 4.27. The summed E-state index contributed by atoms with van der Waals surface area (Å²) in [5.41, 5.74) is 5.69. The normalized spacial score (nSPS) is 13.9. The Kier molecular flexibility index (Phi) is 5.87. The number of carbonyl (C=O) groups is 1. The van der Waals surface area contributed by atoms with E-state index < -0.39 is 0 Å². The Bertz CT molecular complexity index is 1130.